The van der Waals surface area contributed by atoms with E-state index in [2.05, 4.69) is 24.4 Å². The van der Waals surface area contributed by atoms with Gasteiger partial charge in [0.25, 0.3) is 0 Å². The lowest BCUT2D eigenvalue weighted by Gasteiger charge is -2.12. The fourth-order valence-corrected chi connectivity index (χ4v) is 2.15. The van der Waals surface area contributed by atoms with E-state index in [9.17, 15) is 0 Å². The molecule has 1 heterocycles. The van der Waals surface area contributed by atoms with Crippen molar-refractivity contribution >= 4 is 24.0 Å². The van der Waals surface area contributed by atoms with Crippen molar-refractivity contribution < 1.29 is 0 Å². The van der Waals surface area contributed by atoms with Crippen LogP contribution in [0.3, 0.4) is 0 Å². The van der Waals surface area contributed by atoms with Crippen LogP contribution in [0.4, 0.5) is 0 Å². The van der Waals surface area contributed by atoms with Gasteiger partial charge in [-0.1, -0.05) is 17.7 Å². The van der Waals surface area contributed by atoms with Gasteiger partial charge in [-0.15, -0.1) is 12.4 Å². The molecule has 0 aromatic heterocycles. The van der Waals surface area contributed by atoms with Crippen molar-refractivity contribution in [1.29, 1.82) is 0 Å². The molecule has 78 valence electrons. The van der Waals surface area contributed by atoms with Crippen molar-refractivity contribution in [2.24, 2.45) is 0 Å². The summed E-state index contributed by atoms with van der Waals surface area (Å²) in [5.74, 6) is 0.665. The van der Waals surface area contributed by atoms with Crippen LogP contribution in [0, 0.1) is 6.92 Å². The minimum absolute atomic E-state index is 0. The summed E-state index contributed by atoms with van der Waals surface area (Å²) in [5, 5.41) is 4.23. The summed E-state index contributed by atoms with van der Waals surface area (Å²) < 4.78 is 0. The molecule has 0 spiro atoms. The molecule has 1 unspecified atom stereocenters. The molecule has 0 amide bonds. The maximum atomic E-state index is 5.97. The van der Waals surface area contributed by atoms with Crippen molar-refractivity contribution in [3.8, 4) is 0 Å². The summed E-state index contributed by atoms with van der Waals surface area (Å²) in [6.07, 6.45) is 1.24. The van der Waals surface area contributed by atoms with E-state index in [4.69, 9.17) is 11.6 Å². The summed E-state index contributed by atoms with van der Waals surface area (Å²) in [6.45, 7) is 4.39. The van der Waals surface area contributed by atoms with Gasteiger partial charge in [-0.2, -0.15) is 0 Å². The fraction of sp³-hybridized carbons (Fsp3) is 0.455. The Hall–Kier alpha value is -0.240. The summed E-state index contributed by atoms with van der Waals surface area (Å²) in [7, 11) is 0. The number of hydrogen-bond donors (Lipinski definition) is 1. The van der Waals surface area contributed by atoms with Crippen molar-refractivity contribution in [1.82, 2.24) is 5.32 Å². The lowest BCUT2D eigenvalue weighted by Crippen LogP contribution is -2.08. The van der Waals surface area contributed by atoms with Crippen LogP contribution < -0.4 is 5.32 Å². The van der Waals surface area contributed by atoms with E-state index in [1.807, 2.05) is 6.07 Å². The zero-order valence-electron chi connectivity index (χ0n) is 8.22. The van der Waals surface area contributed by atoms with E-state index in [1.165, 1.54) is 17.5 Å². The molecule has 14 heavy (non-hydrogen) atoms. The first-order valence-electron chi connectivity index (χ1n) is 4.74. The fourth-order valence-electron chi connectivity index (χ4n) is 1.97. The lowest BCUT2D eigenvalue weighted by atomic mass is 9.94. The number of hydrogen-bond acceptors (Lipinski definition) is 1. The number of aryl methyl sites for hydroxylation is 1. The molecule has 0 aliphatic carbocycles. The smallest absolute Gasteiger partial charge is 0.0409 e. The number of nitrogens with one attached hydrogen (secondary N) is 1. The Bertz CT molecular complexity index is 306. The maximum absolute atomic E-state index is 5.97. The van der Waals surface area contributed by atoms with Gasteiger partial charge in [-0.25, -0.2) is 0 Å². The third-order valence-electron chi connectivity index (χ3n) is 2.74. The highest BCUT2D eigenvalue weighted by molar-refractivity contribution is 6.30. The van der Waals surface area contributed by atoms with Crippen molar-refractivity contribution in [2.75, 3.05) is 13.1 Å². The van der Waals surface area contributed by atoms with E-state index in [0.717, 1.165) is 18.1 Å². The van der Waals surface area contributed by atoms with Crippen LogP contribution in [0.1, 0.15) is 23.5 Å². The van der Waals surface area contributed by atoms with Crippen molar-refractivity contribution in [2.45, 2.75) is 19.3 Å². The quantitative estimate of drug-likeness (QED) is 0.784. The molecule has 1 saturated heterocycles. The molecule has 1 fully saturated rings. The molecule has 0 bridgehead atoms. The zero-order chi connectivity index (χ0) is 9.26. The van der Waals surface area contributed by atoms with E-state index in [1.54, 1.807) is 0 Å². The van der Waals surface area contributed by atoms with Gasteiger partial charge < -0.3 is 5.32 Å². The molecule has 0 radical (unpaired) electrons. The Morgan fingerprint density at radius 2 is 2.21 bits per heavy atom. The highest BCUT2D eigenvalue weighted by atomic mass is 35.5. The second kappa shape index (κ2) is 5.01. The molecule has 1 aliphatic rings. The van der Waals surface area contributed by atoms with Crippen LogP contribution in [0.2, 0.25) is 5.02 Å². The molecule has 1 atom stereocenters. The minimum Gasteiger partial charge on any atom is -0.316 e. The molecular weight excluding hydrogens is 217 g/mol. The highest BCUT2D eigenvalue weighted by Crippen LogP contribution is 2.27. The van der Waals surface area contributed by atoms with Crippen molar-refractivity contribution in [3.05, 3.63) is 34.3 Å². The molecule has 3 heteroatoms. The van der Waals surface area contributed by atoms with Crippen LogP contribution in [-0.2, 0) is 0 Å². The van der Waals surface area contributed by atoms with Gasteiger partial charge in [0.05, 0.1) is 0 Å². The molecule has 1 nitrogen and oxygen atoms in total. The van der Waals surface area contributed by atoms with Crippen molar-refractivity contribution in [3.63, 3.8) is 0 Å². The lowest BCUT2D eigenvalue weighted by molar-refractivity contribution is 0.757. The standard InChI is InChI=1S/C11H14ClN.ClH/c1-8-2-3-10(12)6-11(8)9-4-5-13-7-9;/h2-3,6,9,13H,4-5,7H2,1H3;1H. The predicted molar refractivity (Wildman–Crippen MR) is 63.7 cm³/mol. The van der Waals surface area contributed by atoms with Crippen LogP contribution in [0.15, 0.2) is 18.2 Å². The number of rotatable bonds is 1. The first-order valence-corrected chi connectivity index (χ1v) is 5.12. The van der Waals surface area contributed by atoms with E-state index >= 15 is 0 Å². The summed E-state index contributed by atoms with van der Waals surface area (Å²) in [4.78, 5) is 0. The van der Waals surface area contributed by atoms with Gasteiger partial charge in [0.1, 0.15) is 0 Å². The molecule has 1 aliphatic heterocycles. The van der Waals surface area contributed by atoms with Crippen LogP contribution in [0.5, 0.6) is 0 Å². The third-order valence-corrected chi connectivity index (χ3v) is 2.98. The SMILES string of the molecule is Cc1ccc(Cl)cc1C1CCNC1.Cl. The monoisotopic (exact) mass is 231 g/mol. The van der Waals surface area contributed by atoms with E-state index in [-0.39, 0.29) is 12.4 Å². The Labute approximate surface area is 96.3 Å². The average Bonchev–Trinajstić information content (AvgIpc) is 2.61. The predicted octanol–water partition coefficient (Wildman–Crippen LogP) is 3.15. The normalized spacial score (nSPS) is 20.6. The minimum atomic E-state index is 0. The molecule has 0 saturated carbocycles. The molecule has 1 aromatic carbocycles. The Morgan fingerprint density at radius 3 is 2.86 bits per heavy atom. The summed E-state index contributed by atoms with van der Waals surface area (Å²) in [5.41, 5.74) is 2.77. The second-order valence-corrected chi connectivity index (χ2v) is 4.13. The summed E-state index contributed by atoms with van der Waals surface area (Å²) in [6, 6.07) is 6.17. The van der Waals surface area contributed by atoms with E-state index < -0.39 is 0 Å². The Balaban J connectivity index is 0.000000980. The first-order chi connectivity index (χ1) is 6.27. The maximum Gasteiger partial charge on any atom is 0.0409 e. The first kappa shape index (κ1) is 11.8. The van der Waals surface area contributed by atoms with Gasteiger partial charge >= 0.3 is 0 Å². The number of benzene rings is 1. The Morgan fingerprint density at radius 1 is 1.43 bits per heavy atom. The Kier molecular flexibility index (Phi) is 4.24. The van der Waals surface area contributed by atoms with E-state index in [0.29, 0.717) is 5.92 Å². The average molecular weight is 232 g/mol. The molecule has 2 rings (SSSR count). The van der Waals surface area contributed by atoms with Crippen LogP contribution in [-0.4, -0.2) is 13.1 Å². The highest BCUT2D eigenvalue weighted by Gasteiger charge is 2.18. The summed E-state index contributed by atoms with van der Waals surface area (Å²) >= 11 is 5.97. The third kappa shape index (κ3) is 2.41. The molecule has 1 N–H and O–H groups in total. The molecular formula is C11H15Cl2N. The second-order valence-electron chi connectivity index (χ2n) is 3.69. The van der Waals surface area contributed by atoms with Gasteiger partial charge in [0.2, 0.25) is 0 Å². The van der Waals surface area contributed by atoms with Gasteiger partial charge in [0, 0.05) is 11.6 Å². The molecule has 1 aromatic rings. The van der Waals surface area contributed by atoms with Gasteiger partial charge in [-0.3, -0.25) is 0 Å². The van der Waals surface area contributed by atoms with Gasteiger partial charge in [0.15, 0.2) is 0 Å². The topological polar surface area (TPSA) is 12.0 Å². The number of halogens is 2. The van der Waals surface area contributed by atoms with Crippen LogP contribution in [0.25, 0.3) is 0 Å². The van der Waals surface area contributed by atoms with Gasteiger partial charge in [-0.05, 0) is 49.1 Å². The largest absolute Gasteiger partial charge is 0.316 e. The zero-order valence-corrected chi connectivity index (χ0v) is 9.79. The van der Waals surface area contributed by atoms with Crippen LogP contribution >= 0.6 is 24.0 Å².